The summed E-state index contributed by atoms with van der Waals surface area (Å²) < 4.78 is 31.0. The minimum atomic E-state index is -3.66. The number of hydrogen-bond acceptors (Lipinski definition) is 5. The first-order chi connectivity index (χ1) is 12.1. The predicted octanol–water partition coefficient (Wildman–Crippen LogP) is 2.22. The van der Waals surface area contributed by atoms with Crippen LogP contribution in [0.3, 0.4) is 0 Å². The maximum Gasteiger partial charge on any atom is 0.252 e. The lowest BCUT2D eigenvalue weighted by Gasteiger charge is -2.22. The molecule has 0 aliphatic carbocycles. The van der Waals surface area contributed by atoms with Gasteiger partial charge in [-0.3, -0.25) is 9.69 Å². The molecule has 1 aromatic carbocycles. The minimum Gasteiger partial charge on any atom is -0.468 e. The normalized spacial score (nSPS) is 13.2. The lowest BCUT2D eigenvalue weighted by molar-refractivity contribution is 0.0939. The molecule has 1 aromatic heterocycles. The van der Waals surface area contributed by atoms with Crippen LogP contribution in [0, 0.1) is 0 Å². The molecule has 0 unspecified atom stereocenters. The van der Waals surface area contributed by atoms with Crippen molar-refractivity contribution in [3.63, 3.8) is 0 Å². The van der Waals surface area contributed by atoms with E-state index in [1.54, 1.807) is 12.3 Å². The van der Waals surface area contributed by atoms with Gasteiger partial charge in [-0.1, -0.05) is 11.6 Å². The second kappa shape index (κ2) is 8.22. The van der Waals surface area contributed by atoms with Gasteiger partial charge in [0, 0.05) is 20.6 Å². The fourth-order valence-corrected chi connectivity index (χ4v) is 3.48. The van der Waals surface area contributed by atoms with Gasteiger partial charge < -0.3 is 9.73 Å². The summed E-state index contributed by atoms with van der Waals surface area (Å²) in [6.45, 7) is 0.278. The lowest BCUT2D eigenvalue weighted by Crippen LogP contribution is -2.34. The molecule has 0 spiro atoms. The van der Waals surface area contributed by atoms with Crippen molar-refractivity contribution in [3.8, 4) is 0 Å². The predicted molar refractivity (Wildman–Crippen MR) is 99.8 cm³/mol. The monoisotopic (exact) mass is 399 g/mol. The maximum atomic E-state index is 12.6. The van der Waals surface area contributed by atoms with Gasteiger partial charge in [-0.05, 0) is 44.4 Å². The number of benzene rings is 1. The largest absolute Gasteiger partial charge is 0.468 e. The van der Waals surface area contributed by atoms with Crippen molar-refractivity contribution in [1.29, 1.82) is 0 Å². The molecule has 1 heterocycles. The highest BCUT2D eigenvalue weighted by Gasteiger charge is 2.22. The smallest absolute Gasteiger partial charge is 0.252 e. The van der Waals surface area contributed by atoms with Gasteiger partial charge in [0.2, 0.25) is 10.0 Å². The van der Waals surface area contributed by atoms with Crippen molar-refractivity contribution in [2.45, 2.75) is 10.9 Å². The maximum absolute atomic E-state index is 12.6. The Labute approximate surface area is 158 Å². The number of carbonyl (C=O) groups excluding carboxylic acids is 1. The zero-order valence-electron chi connectivity index (χ0n) is 15.1. The van der Waals surface area contributed by atoms with Crippen LogP contribution in [0.15, 0.2) is 45.9 Å². The molecule has 1 atom stereocenters. The quantitative estimate of drug-likeness (QED) is 0.771. The molecule has 1 N–H and O–H groups in total. The van der Waals surface area contributed by atoms with Crippen molar-refractivity contribution in [1.82, 2.24) is 14.5 Å². The van der Waals surface area contributed by atoms with E-state index in [9.17, 15) is 13.2 Å². The number of carbonyl (C=O) groups is 1. The van der Waals surface area contributed by atoms with Gasteiger partial charge in [0.05, 0.1) is 27.8 Å². The van der Waals surface area contributed by atoms with Gasteiger partial charge in [0.15, 0.2) is 0 Å². The van der Waals surface area contributed by atoms with Crippen LogP contribution in [-0.4, -0.2) is 58.3 Å². The minimum absolute atomic E-state index is 0.00671. The van der Waals surface area contributed by atoms with E-state index in [2.05, 4.69) is 5.32 Å². The fraction of sp³-hybridized carbons (Fsp3) is 0.353. The molecular weight excluding hydrogens is 378 g/mol. The lowest BCUT2D eigenvalue weighted by atomic mass is 10.1. The van der Waals surface area contributed by atoms with Crippen LogP contribution >= 0.6 is 11.6 Å². The molecule has 142 valence electrons. The molecule has 26 heavy (non-hydrogen) atoms. The summed E-state index contributed by atoms with van der Waals surface area (Å²) in [4.78, 5) is 14.5. The van der Waals surface area contributed by atoms with Crippen molar-refractivity contribution in [2.24, 2.45) is 0 Å². The highest BCUT2D eigenvalue weighted by atomic mass is 35.5. The Balaban J connectivity index is 2.22. The number of hydrogen-bond donors (Lipinski definition) is 1. The van der Waals surface area contributed by atoms with Crippen LogP contribution in [0.4, 0.5) is 0 Å². The summed E-state index contributed by atoms with van der Waals surface area (Å²) in [5.41, 5.74) is 0.103. The van der Waals surface area contributed by atoms with Crippen molar-refractivity contribution < 1.29 is 17.6 Å². The van der Waals surface area contributed by atoms with Crippen LogP contribution in [0.2, 0.25) is 5.02 Å². The standard InChI is InChI=1S/C17H22ClN3O4S/c1-20(2)15(16-6-5-9-25-16)11-19-17(22)13-10-12(7-8-14(13)18)26(23,24)21(3)4/h5-10,15H,11H2,1-4H3,(H,19,22)/t15-/m1/s1. The molecule has 0 aliphatic heterocycles. The fourth-order valence-electron chi connectivity index (χ4n) is 2.35. The van der Waals surface area contributed by atoms with E-state index in [0.29, 0.717) is 5.76 Å². The first kappa shape index (κ1) is 20.4. The molecule has 0 radical (unpaired) electrons. The third-order valence-corrected chi connectivity index (χ3v) is 6.05. The number of likely N-dealkylation sites (N-methyl/N-ethyl adjacent to an activating group) is 1. The molecule has 0 bridgehead atoms. The third kappa shape index (κ3) is 4.45. The highest BCUT2D eigenvalue weighted by Crippen LogP contribution is 2.23. The Kier molecular flexibility index (Phi) is 6.46. The van der Waals surface area contributed by atoms with Crippen LogP contribution in [0.1, 0.15) is 22.2 Å². The average molecular weight is 400 g/mol. The van der Waals surface area contributed by atoms with Gasteiger partial charge in [-0.15, -0.1) is 0 Å². The second-order valence-electron chi connectivity index (χ2n) is 6.13. The van der Waals surface area contributed by atoms with Crippen molar-refractivity contribution in [3.05, 3.63) is 52.9 Å². The number of nitrogens with zero attached hydrogens (tertiary/aromatic N) is 2. The Morgan fingerprint density at radius 1 is 1.23 bits per heavy atom. The van der Waals surface area contributed by atoms with Gasteiger partial charge in [0.25, 0.3) is 5.91 Å². The van der Waals surface area contributed by atoms with Gasteiger partial charge in [-0.25, -0.2) is 12.7 Å². The Bertz CT molecular complexity index is 864. The molecule has 0 aliphatic rings. The van der Waals surface area contributed by atoms with Gasteiger partial charge in [-0.2, -0.15) is 0 Å². The number of rotatable bonds is 7. The topological polar surface area (TPSA) is 82.9 Å². The summed E-state index contributed by atoms with van der Waals surface area (Å²) >= 11 is 6.10. The third-order valence-electron chi connectivity index (χ3n) is 3.91. The number of sulfonamides is 1. The summed E-state index contributed by atoms with van der Waals surface area (Å²) in [6, 6.07) is 7.50. The number of amides is 1. The van der Waals surface area contributed by atoms with E-state index in [1.165, 1.54) is 32.3 Å². The molecule has 7 nitrogen and oxygen atoms in total. The van der Waals surface area contributed by atoms with Crippen LogP contribution in [-0.2, 0) is 10.0 Å². The Morgan fingerprint density at radius 2 is 1.92 bits per heavy atom. The van der Waals surface area contributed by atoms with Gasteiger partial charge >= 0.3 is 0 Å². The Morgan fingerprint density at radius 3 is 2.46 bits per heavy atom. The molecule has 0 fully saturated rings. The zero-order chi connectivity index (χ0) is 19.5. The first-order valence-electron chi connectivity index (χ1n) is 7.84. The summed E-state index contributed by atoms with van der Waals surface area (Å²) in [5.74, 6) is 0.259. The van der Waals surface area contributed by atoms with E-state index in [1.807, 2.05) is 25.1 Å². The Hall–Kier alpha value is -1.87. The van der Waals surface area contributed by atoms with E-state index in [4.69, 9.17) is 16.0 Å². The second-order valence-corrected chi connectivity index (χ2v) is 8.69. The van der Waals surface area contributed by atoms with Crippen LogP contribution in [0.25, 0.3) is 0 Å². The molecule has 2 rings (SSSR count). The molecule has 9 heteroatoms. The van der Waals surface area contributed by atoms with E-state index in [0.717, 1.165) is 4.31 Å². The molecule has 0 saturated carbocycles. The summed E-state index contributed by atoms with van der Waals surface area (Å²) in [7, 11) is 2.94. The summed E-state index contributed by atoms with van der Waals surface area (Å²) in [5, 5.41) is 2.96. The number of nitrogens with one attached hydrogen (secondary N) is 1. The van der Waals surface area contributed by atoms with E-state index < -0.39 is 15.9 Å². The van der Waals surface area contributed by atoms with E-state index >= 15 is 0 Å². The van der Waals surface area contributed by atoms with Crippen molar-refractivity contribution >= 4 is 27.5 Å². The number of halogens is 1. The van der Waals surface area contributed by atoms with Crippen LogP contribution < -0.4 is 5.32 Å². The molecule has 2 aromatic rings. The molecular formula is C17H22ClN3O4S. The van der Waals surface area contributed by atoms with E-state index in [-0.39, 0.29) is 28.1 Å². The summed E-state index contributed by atoms with van der Waals surface area (Å²) in [6.07, 6.45) is 1.57. The SMILES string of the molecule is CN(C)[C@H](CNC(=O)c1cc(S(=O)(=O)N(C)C)ccc1Cl)c1ccco1. The average Bonchev–Trinajstić information content (AvgIpc) is 3.08. The van der Waals surface area contributed by atoms with Gasteiger partial charge in [0.1, 0.15) is 5.76 Å². The molecule has 0 saturated heterocycles. The zero-order valence-corrected chi connectivity index (χ0v) is 16.6. The van der Waals surface area contributed by atoms with Crippen molar-refractivity contribution in [2.75, 3.05) is 34.7 Å². The highest BCUT2D eigenvalue weighted by molar-refractivity contribution is 7.89. The molecule has 1 amide bonds. The first-order valence-corrected chi connectivity index (χ1v) is 9.66. The van der Waals surface area contributed by atoms with Crippen LogP contribution in [0.5, 0.6) is 0 Å². The number of furan rings is 1.